The molecule has 0 bridgehead atoms. The van der Waals surface area contributed by atoms with Crippen LogP contribution in [0.25, 0.3) is 0 Å². The molecule has 0 aliphatic heterocycles. The molecule has 1 rings (SSSR count). The van der Waals surface area contributed by atoms with E-state index in [1.165, 1.54) is 6.07 Å². The molecule has 0 unspecified atom stereocenters. The molecule has 0 fully saturated rings. The summed E-state index contributed by atoms with van der Waals surface area (Å²) in [5.41, 5.74) is 6.39. The Labute approximate surface area is 88.5 Å². The largest absolute Gasteiger partial charge is 0.330 e. The molecule has 0 spiro atoms. The molecule has 2 nitrogen and oxygen atoms in total. The van der Waals surface area contributed by atoms with Gasteiger partial charge in [-0.1, -0.05) is 11.8 Å². The Balaban J connectivity index is 2.89. The van der Waals surface area contributed by atoms with Crippen molar-refractivity contribution in [2.24, 2.45) is 5.73 Å². The van der Waals surface area contributed by atoms with E-state index >= 15 is 0 Å². The molecule has 0 aromatic heterocycles. The predicted octanol–water partition coefficient (Wildman–Crippen LogP) is 1.59. The van der Waals surface area contributed by atoms with Crippen molar-refractivity contribution in [3.63, 3.8) is 0 Å². The Bertz CT molecular complexity index is 435. The summed E-state index contributed by atoms with van der Waals surface area (Å²) in [6.45, 7) is 0.513. The quantitative estimate of drug-likeness (QED) is 0.740. The van der Waals surface area contributed by atoms with Gasteiger partial charge in [0.15, 0.2) is 0 Å². The van der Waals surface area contributed by atoms with Crippen LogP contribution in [0.3, 0.4) is 0 Å². The first-order chi connectivity index (χ1) is 7.27. The molecular formula is C12H11FN2. The van der Waals surface area contributed by atoms with Crippen LogP contribution >= 0.6 is 0 Å². The Kier molecular flexibility index (Phi) is 4.34. The van der Waals surface area contributed by atoms with Crippen LogP contribution in [-0.4, -0.2) is 6.54 Å². The van der Waals surface area contributed by atoms with Crippen LogP contribution < -0.4 is 5.73 Å². The normalized spacial score (nSPS) is 8.87. The zero-order chi connectivity index (χ0) is 11.1. The molecule has 2 N–H and O–H groups in total. The van der Waals surface area contributed by atoms with E-state index < -0.39 is 0 Å². The number of hydrogen-bond donors (Lipinski definition) is 1. The molecule has 0 saturated heterocycles. The lowest BCUT2D eigenvalue weighted by Crippen LogP contribution is -1.95. The van der Waals surface area contributed by atoms with Gasteiger partial charge in [0.2, 0.25) is 0 Å². The fraction of sp³-hybridized carbons (Fsp3) is 0.250. The van der Waals surface area contributed by atoms with Crippen molar-refractivity contribution in [1.29, 1.82) is 5.26 Å². The maximum absolute atomic E-state index is 13.1. The van der Waals surface area contributed by atoms with Crippen molar-refractivity contribution in [2.75, 3.05) is 6.54 Å². The van der Waals surface area contributed by atoms with E-state index in [4.69, 9.17) is 11.0 Å². The molecule has 1 aromatic rings. The predicted molar refractivity (Wildman–Crippen MR) is 56.3 cm³/mol. The van der Waals surface area contributed by atoms with E-state index in [1.54, 1.807) is 12.1 Å². The lowest BCUT2D eigenvalue weighted by molar-refractivity contribution is 0.615. The van der Waals surface area contributed by atoms with Crippen molar-refractivity contribution in [2.45, 2.75) is 12.8 Å². The first kappa shape index (κ1) is 11.2. The van der Waals surface area contributed by atoms with E-state index in [2.05, 4.69) is 11.8 Å². The van der Waals surface area contributed by atoms with Crippen LogP contribution in [0.15, 0.2) is 18.2 Å². The second-order valence-corrected chi connectivity index (χ2v) is 2.98. The second-order valence-electron chi connectivity index (χ2n) is 2.98. The molecule has 0 heterocycles. The number of nitriles is 1. The molecular weight excluding hydrogens is 191 g/mol. The molecule has 15 heavy (non-hydrogen) atoms. The molecule has 76 valence electrons. The number of benzene rings is 1. The number of nitrogens with two attached hydrogens (primary N) is 1. The van der Waals surface area contributed by atoms with E-state index in [-0.39, 0.29) is 12.2 Å². The monoisotopic (exact) mass is 202 g/mol. The van der Waals surface area contributed by atoms with Crippen molar-refractivity contribution in [1.82, 2.24) is 0 Å². The van der Waals surface area contributed by atoms with Crippen molar-refractivity contribution >= 4 is 0 Å². The third-order valence-corrected chi connectivity index (χ3v) is 1.82. The molecule has 0 saturated carbocycles. The van der Waals surface area contributed by atoms with Crippen LogP contribution in [0.2, 0.25) is 0 Å². The minimum absolute atomic E-state index is 0.0677. The summed E-state index contributed by atoms with van der Waals surface area (Å²) in [6, 6.07) is 6.44. The molecule has 0 amide bonds. The van der Waals surface area contributed by atoms with Crippen LogP contribution in [0.5, 0.6) is 0 Å². The van der Waals surface area contributed by atoms with Gasteiger partial charge in [0, 0.05) is 24.1 Å². The number of hydrogen-bond acceptors (Lipinski definition) is 2. The van der Waals surface area contributed by atoms with Gasteiger partial charge in [-0.15, -0.1) is 0 Å². The van der Waals surface area contributed by atoms with E-state index in [0.29, 0.717) is 18.5 Å². The Morgan fingerprint density at radius 1 is 1.40 bits per heavy atom. The Hall–Kier alpha value is -1.84. The van der Waals surface area contributed by atoms with Crippen LogP contribution in [0, 0.1) is 29.0 Å². The number of halogens is 1. The topological polar surface area (TPSA) is 49.8 Å². The summed E-state index contributed by atoms with van der Waals surface area (Å²) >= 11 is 0. The average molecular weight is 202 g/mol. The minimum Gasteiger partial charge on any atom is -0.330 e. The number of nitrogens with zero attached hydrogens (tertiary/aromatic N) is 1. The molecule has 0 radical (unpaired) electrons. The van der Waals surface area contributed by atoms with Crippen LogP contribution in [-0.2, 0) is 6.42 Å². The highest BCUT2D eigenvalue weighted by molar-refractivity contribution is 5.38. The third-order valence-electron chi connectivity index (χ3n) is 1.82. The van der Waals surface area contributed by atoms with Gasteiger partial charge in [0.05, 0.1) is 12.5 Å². The van der Waals surface area contributed by atoms with Crippen LogP contribution in [0.4, 0.5) is 4.39 Å². The van der Waals surface area contributed by atoms with Gasteiger partial charge in [-0.25, -0.2) is 4.39 Å². The van der Waals surface area contributed by atoms with Crippen molar-refractivity contribution < 1.29 is 4.39 Å². The van der Waals surface area contributed by atoms with Crippen molar-refractivity contribution in [3.8, 4) is 17.9 Å². The van der Waals surface area contributed by atoms with Crippen molar-refractivity contribution in [3.05, 3.63) is 35.1 Å². The van der Waals surface area contributed by atoms with Gasteiger partial charge in [0.25, 0.3) is 0 Å². The lowest BCUT2D eigenvalue weighted by Gasteiger charge is -1.98. The summed E-state index contributed by atoms with van der Waals surface area (Å²) in [5.74, 6) is 5.37. The molecule has 0 atom stereocenters. The summed E-state index contributed by atoms with van der Waals surface area (Å²) in [6.07, 6.45) is 0.684. The standard InChI is InChI=1S/C12H11FN2/c13-12-5-4-10(3-1-2-7-14)9-11(12)6-8-15/h4-5,9H,2,6-7,14H2. The van der Waals surface area contributed by atoms with Gasteiger partial charge < -0.3 is 5.73 Å². The van der Waals surface area contributed by atoms with E-state index in [0.717, 1.165) is 5.56 Å². The number of rotatable bonds is 2. The van der Waals surface area contributed by atoms with Gasteiger partial charge in [-0.2, -0.15) is 5.26 Å². The summed E-state index contributed by atoms with van der Waals surface area (Å²) in [7, 11) is 0. The fourth-order valence-electron chi connectivity index (χ4n) is 1.11. The van der Waals surface area contributed by atoms with Gasteiger partial charge in [-0.3, -0.25) is 0 Å². The van der Waals surface area contributed by atoms with Gasteiger partial charge in [0.1, 0.15) is 5.82 Å². The fourth-order valence-corrected chi connectivity index (χ4v) is 1.11. The van der Waals surface area contributed by atoms with Gasteiger partial charge >= 0.3 is 0 Å². The Morgan fingerprint density at radius 3 is 2.87 bits per heavy atom. The zero-order valence-corrected chi connectivity index (χ0v) is 8.26. The highest BCUT2D eigenvalue weighted by Crippen LogP contribution is 2.10. The highest BCUT2D eigenvalue weighted by atomic mass is 19.1. The first-order valence-electron chi connectivity index (χ1n) is 4.62. The highest BCUT2D eigenvalue weighted by Gasteiger charge is 2.01. The Morgan fingerprint density at radius 2 is 2.20 bits per heavy atom. The van der Waals surface area contributed by atoms with E-state index in [1.807, 2.05) is 6.07 Å². The zero-order valence-electron chi connectivity index (χ0n) is 8.26. The molecule has 3 heteroatoms. The van der Waals surface area contributed by atoms with Gasteiger partial charge in [-0.05, 0) is 18.2 Å². The van der Waals surface area contributed by atoms with E-state index in [9.17, 15) is 4.39 Å². The molecule has 0 aliphatic rings. The SMILES string of the molecule is N#CCc1cc(C#CCCN)ccc1F. The first-order valence-corrected chi connectivity index (χ1v) is 4.62. The van der Waals surface area contributed by atoms with Crippen LogP contribution in [0.1, 0.15) is 17.5 Å². The summed E-state index contributed by atoms with van der Waals surface area (Å²) in [4.78, 5) is 0. The second kappa shape index (κ2) is 5.80. The summed E-state index contributed by atoms with van der Waals surface area (Å²) in [5, 5.41) is 8.48. The maximum atomic E-state index is 13.1. The third kappa shape index (κ3) is 3.42. The summed E-state index contributed by atoms with van der Waals surface area (Å²) < 4.78 is 13.1. The maximum Gasteiger partial charge on any atom is 0.127 e. The molecule has 0 aliphatic carbocycles. The lowest BCUT2D eigenvalue weighted by atomic mass is 10.1. The average Bonchev–Trinajstić information content (AvgIpc) is 2.23. The minimum atomic E-state index is -0.360. The smallest absolute Gasteiger partial charge is 0.127 e. The molecule has 1 aromatic carbocycles.